The largest absolute Gasteiger partial charge is 0.464 e. The maximum absolute atomic E-state index is 15.1. The second kappa shape index (κ2) is 51.5. The lowest BCUT2D eigenvalue weighted by Gasteiger charge is -2.30. The van der Waals surface area contributed by atoms with Crippen molar-refractivity contribution in [1.29, 1.82) is 5.41 Å². The fraction of sp³-hybridized carbons (Fsp3) is 0.547. The van der Waals surface area contributed by atoms with E-state index in [9.17, 15) is 72.2 Å². The average molecular weight is 1760 g/mol. The Kier molecular flexibility index (Phi) is 41.7. The molecular weight excluding hydrogens is 1630 g/mol. The van der Waals surface area contributed by atoms with Crippen LogP contribution in [0.4, 0.5) is 20.1 Å². The number of imidazole rings is 1. The number of nitrogens with zero attached hydrogens (tertiary/aromatic N) is 4. The van der Waals surface area contributed by atoms with Crippen molar-refractivity contribution in [3.63, 3.8) is 0 Å². The van der Waals surface area contributed by atoms with Gasteiger partial charge in [-0.2, -0.15) is 0 Å². The number of urea groups is 1. The number of H-pyrrole nitrogens is 2. The zero-order valence-corrected chi connectivity index (χ0v) is 73.8. The molecule has 20 N–H and O–H groups in total. The number of aromatic amines is 2. The average Bonchev–Trinajstić information content (AvgIpc) is 1.50. The Hall–Kier alpha value is -12.8. The molecule has 1 saturated heterocycles. The minimum atomic E-state index is -1.77. The van der Waals surface area contributed by atoms with Crippen LogP contribution in [0.25, 0.3) is 10.9 Å². The van der Waals surface area contributed by atoms with E-state index in [0.717, 1.165) is 10.9 Å². The number of ketones is 1. The molecular formula is C86H127N21O19. The van der Waals surface area contributed by atoms with E-state index >= 15 is 4.79 Å². The van der Waals surface area contributed by atoms with Crippen LogP contribution < -0.4 is 80.0 Å². The quantitative estimate of drug-likeness (QED) is 0.0115. The molecule has 3 heterocycles. The second-order valence-electron chi connectivity index (χ2n) is 32.6. The van der Waals surface area contributed by atoms with Crippen molar-refractivity contribution in [3.8, 4) is 5.75 Å². The first-order valence-corrected chi connectivity index (χ1v) is 42.5. The molecule has 1 aliphatic heterocycles. The summed E-state index contributed by atoms with van der Waals surface area (Å²) in [7, 11) is 4.44. The van der Waals surface area contributed by atoms with Crippen LogP contribution in [0.1, 0.15) is 149 Å². The summed E-state index contributed by atoms with van der Waals surface area (Å²) in [5.41, 5.74) is 13.9. The number of benzene rings is 3. The lowest BCUT2D eigenvalue weighted by molar-refractivity contribution is -0.154. The number of hydrogen-bond acceptors (Lipinski definition) is 22. The minimum absolute atomic E-state index is 0.00104. The molecule has 6 rings (SSSR count). The Bertz CT molecular complexity index is 4480. The number of aliphatic hydroxyl groups excluding tert-OH is 1. The van der Waals surface area contributed by atoms with Crippen molar-refractivity contribution in [2.24, 2.45) is 35.1 Å². The molecule has 10 atom stereocenters. The Morgan fingerprint density at radius 1 is 0.595 bits per heavy atom. The molecule has 0 radical (unpaired) electrons. The third-order valence-electron chi connectivity index (χ3n) is 20.8. The molecule has 14 amide bonds. The number of para-hydroxylation sites is 1. The third-order valence-corrected chi connectivity index (χ3v) is 20.8. The van der Waals surface area contributed by atoms with Crippen LogP contribution in [0.2, 0.25) is 0 Å². The van der Waals surface area contributed by atoms with Gasteiger partial charge in [0, 0.05) is 114 Å². The Morgan fingerprint density at radius 3 is 1.71 bits per heavy atom. The predicted octanol–water partition coefficient (Wildman–Crippen LogP) is 2.03. The van der Waals surface area contributed by atoms with Crippen molar-refractivity contribution < 1.29 is 91.2 Å². The molecule has 0 bridgehead atoms. The van der Waals surface area contributed by atoms with Crippen LogP contribution >= 0.6 is 0 Å². The molecule has 0 unspecified atom stereocenters. The van der Waals surface area contributed by atoms with Crippen LogP contribution in [-0.2, 0) is 92.9 Å². The molecule has 0 spiro atoms. The van der Waals surface area contributed by atoms with Gasteiger partial charge in [-0.3, -0.25) is 58.1 Å². The number of aromatic nitrogens is 3. The molecule has 2 aromatic heterocycles. The van der Waals surface area contributed by atoms with E-state index in [0.29, 0.717) is 40.9 Å². The second-order valence-corrected chi connectivity index (χ2v) is 32.6. The van der Waals surface area contributed by atoms with Gasteiger partial charge in [-0.25, -0.2) is 24.2 Å². The zero-order chi connectivity index (χ0) is 92.9. The van der Waals surface area contributed by atoms with Gasteiger partial charge in [-0.1, -0.05) is 97.9 Å². The summed E-state index contributed by atoms with van der Waals surface area (Å²) in [6.07, 6.45) is 4.13. The summed E-state index contributed by atoms with van der Waals surface area (Å²) in [6.45, 7) is 14.9. The SMILES string of the molecule is CCOC(=O)[C@@H]1CCCN1C(=O)[C@H](CCCNC(=N)N)NC(=O)[C@H](CC(C)C)NC(=O)[C@H](CC(C)C)NC(=O)[C@H](Cc1ccc(OC(=O)N(C)CCN(C)C(=O)OCc2ccc(NC(=O)[C@H](CCCNC(N)=O)NC(=O)[C@@H](NC(=O)CCC(=O)C(C)C)C(C)C)cc2)cc1)NC(=O)[C@H](CO)NC(=O)[C@H](Cc1c[nH]c2ccccc12)NC(=O)[C@H](Cc1c[nH]cn1)NC. The first-order valence-electron chi connectivity index (χ1n) is 42.5. The molecule has 40 nitrogen and oxygen atoms in total. The summed E-state index contributed by atoms with van der Waals surface area (Å²) in [5.74, 6) is -9.58. The number of carbonyl (C=O) groups excluding carboxylic acids is 15. The van der Waals surface area contributed by atoms with E-state index in [-0.39, 0.29) is 152 Å². The molecule has 126 heavy (non-hydrogen) atoms. The number of fused-ring (bicyclic) bond motifs is 1. The highest BCUT2D eigenvalue weighted by Crippen LogP contribution is 2.24. The van der Waals surface area contributed by atoms with E-state index in [1.165, 1.54) is 59.4 Å². The Balaban J connectivity index is 1.16. The molecule has 690 valence electrons. The number of carbonyl (C=O) groups is 15. The van der Waals surface area contributed by atoms with Crippen LogP contribution in [0, 0.1) is 29.1 Å². The first kappa shape index (κ1) is 102. The highest BCUT2D eigenvalue weighted by atomic mass is 16.6. The number of likely N-dealkylation sites (tertiary alicyclic amines) is 1. The van der Waals surface area contributed by atoms with Crippen LogP contribution in [-0.4, -0.2) is 257 Å². The molecule has 0 saturated carbocycles. The van der Waals surface area contributed by atoms with E-state index < -0.39 is 156 Å². The Morgan fingerprint density at radius 2 is 1.14 bits per heavy atom. The third kappa shape index (κ3) is 33.7. The standard InChI is InChI=1S/C86H127N21O19/c1-13-124-82(120)69-23-18-36-107(69)81(119)62(22-17-34-92-83(87)88)98-75(113)64(39-49(2)3)99-76(114)65(40-50(4)5)100-77(115)66(101-79(117)68(46-108)103-78(116)67(42-55-44-94-60-20-15-14-19-59(55)60)102-74(112)63(90-10)43-57-45-91-48-95-57)41-53-26-30-58(31-27-53)126-86(123)106(12)38-37-105(11)85(122)125-47-54-24-28-56(29-25-54)96-73(111)61(21-16-35-93-84(89)121)97-80(118)72(52(8)9)104-71(110)33-32-70(109)51(6)7/h14-15,19-20,24-31,44-45,48-52,61-69,72,90,94,108H,13,16-18,21-23,32-43,46-47H2,1-12H3,(H,91,95)(H,96,111)(H,97,118)(H,98,113)(H,99,114)(H,100,115)(H,101,117)(H,102,112)(H,103,116)(H,104,110)(H4,87,88,92)(H3,89,93,121)/t61-,62-,63-,64-,65-,66-,67-,68-,69-,72-/m0/s1. The van der Waals surface area contributed by atoms with Gasteiger partial charge in [0.25, 0.3) is 0 Å². The normalized spacial score (nSPS) is 14.6. The Labute approximate surface area is 733 Å². The molecule has 40 heteroatoms. The van der Waals surface area contributed by atoms with Crippen molar-refractivity contribution in [2.75, 3.05) is 72.4 Å². The maximum Gasteiger partial charge on any atom is 0.415 e. The number of rotatable bonds is 51. The number of esters is 1. The van der Waals surface area contributed by atoms with Gasteiger partial charge in [0.05, 0.1) is 31.3 Å². The number of guanidine groups is 1. The van der Waals surface area contributed by atoms with Crippen LogP contribution in [0.5, 0.6) is 5.75 Å². The summed E-state index contributed by atoms with van der Waals surface area (Å²) in [4.78, 5) is 220. The maximum atomic E-state index is 15.1. The van der Waals surface area contributed by atoms with Gasteiger partial charge in [0.15, 0.2) is 5.96 Å². The number of aliphatic hydroxyl groups is 1. The molecule has 1 aliphatic rings. The van der Waals surface area contributed by atoms with E-state index in [1.54, 1.807) is 98.2 Å². The number of amides is 14. The van der Waals surface area contributed by atoms with E-state index in [1.807, 2.05) is 32.0 Å². The minimum Gasteiger partial charge on any atom is -0.464 e. The van der Waals surface area contributed by atoms with Crippen molar-refractivity contribution in [1.82, 2.24) is 88.1 Å². The lowest BCUT2D eigenvalue weighted by atomic mass is 9.98. The fourth-order valence-electron chi connectivity index (χ4n) is 13.7. The zero-order valence-electron chi connectivity index (χ0n) is 73.8. The lowest BCUT2D eigenvalue weighted by Crippen LogP contribution is -2.61. The number of hydrogen-bond donors (Lipinski definition) is 18. The smallest absolute Gasteiger partial charge is 0.415 e. The number of Topliss-reactive ketones (excluding diaryl/α,β-unsaturated/α-hetero) is 1. The topological polar surface area (TPSA) is 578 Å². The summed E-state index contributed by atoms with van der Waals surface area (Å²) >= 11 is 0. The molecule has 3 aromatic carbocycles. The summed E-state index contributed by atoms with van der Waals surface area (Å²) in [6, 6.07) is 5.96. The van der Waals surface area contributed by atoms with Gasteiger partial charge in [0.1, 0.15) is 72.5 Å². The van der Waals surface area contributed by atoms with Gasteiger partial charge in [0.2, 0.25) is 59.1 Å². The van der Waals surface area contributed by atoms with Crippen molar-refractivity contribution >= 4 is 112 Å². The van der Waals surface area contributed by atoms with Crippen LogP contribution in [0.15, 0.2) is 91.5 Å². The van der Waals surface area contributed by atoms with Gasteiger partial charge >= 0.3 is 24.2 Å². The van der Waals surface area contributed by atoms with E-state index in [4.69, 9.17) is 31.1 Å². The van der Waals surface area contributed by atoms with Gasteiger partial charge < -0.3 is 119 Å². The van der Waals surface area contributed by atoms with Crippen LogP contribution in [0.3, 0.4) is 0 Å². The number of nitrogens with two attached hydrogens (primary N) is 2. The highest BCUT2D eigenvalue weighted by Gasteiger charge is 2.41. The number of ether oxygens (including phenoxy) is 3. The number of anilines is 1. The predicted molar refractivity (Wildman–Crippen MR) is 467 cm³/mol. The summed E-state index contributed by atoms with van der Waals surface area (Å²) < 4.78 is 16.5. The number of likely N-dealkylation sites (N-methyl/N-ethyl adjacent to an activating group) is 3. The van der Waals surface area contributed by atoms with Gasteiger partial charge in [-0.05, 0) is 130 Å². The number of nitrogens with one attached hydrogen (secondary N) is 15. The molecule has 0 aliphatic carbocycles. The monoisotopic (exact) mass is 1760 g/mol. The fourth-order valence-corrected chi connectivity index (χ4v) is 13.7. The van der Waals surface area contributed by atoms with Crippen molar-refractivity contribution in [3.05, 3.63) is 114 Å². The molecule has 5 aromatic rings. The van der Waals surface area contributed by atoms with E-state index in [2.05, 4.69) is 78.8 Å². The molecule has 1 fully saturated rings. The van der Waals surface area contributed by atoms with Gasteiger partial charge in [-0.15, -0.1) is 0 Å². The first-order chi connectivity index (χ1) is 59.9. The van der Waals surface area contributed by atoms with Crippen molar-refractivity contribution in [2.45, 2.75) is 213 Å². The number of primary amides is 1. The summed E-state index contributed by atoms with van der Waals surface area (Å²) in [5, 5.41) is 52.0. The highest BCUT2D eigenvalue weighted by molar-refractivity contribution is 6.00.